The van der Waals surface area contributed by atoms with Crippen molar-refractivity contribution in [2.45, 2.75) is 6.18 Å². The topological polar surface area (TPSA) is 42.2 Å². The lowest BCUT2D eigenvalue weighted by Crippen LogP contribution is -2.12. The molecular weight excluding hydrogens is 426 g/mol. The number of nitrogens with one attached hydrogen (secondary N) is 1. The Morgan fingerprint density at radius 1 is 0.889 bits per heavy atom. The molecule has 3 aromatic rings. The van der Waals surface area contributed by atoms with Crippen LogP contribution in [-0.2, 0) is 6.18 Å². The van der Waals surface area contributed by atoms with Gasteiger partial charge in [-0.2, -0.15) is 13.2 Å². The van der Waals surface area contributed by atoms with Gasteiger partial charge < -0.3 is 9.73 Å². The third kappa shape index (κ3) is 4.40. The molecule has 3 rings (SSSR count). The third-order valence-corrected chi connectivity index (χ3v) is 4.62. The van der Waals surface area contributed by atoms with Crippen LogP contribution in [0.15, 0.2) is 52.9 Å². The predicted octanol–water partition coefficient (Wildman–Crippen LogP) is 7.18. The second kappa shape index (κ2) is 7.46. The molecule has 0 saturated carbocycles. The number of hydrogen-bond acceptors (Lipinski definition) is 2. The van der Waals surface area contributed by atoms with Gasteiger partial charge in [0.15, 0.2) is 5.76 Å². The molecule has 0 saturated heterocycles. The Balaban J connectivity index is 1.78. The molecule has 1 heterocycles. The minimum atomic E-state index is -4.57. The third-order valence-electron chi connectivity index (χ3n) is 3.57. The second-order valence-electron chi connectivity index (χ2n) is 5.44. The number of carbonyl (C=O) groups is 1. The predicted molar refractivity (Wildman–Crippen MR) is 98.6 cm³/mol. The summed E-state index contributed by atoms with van der Waals surface area (Å²) >= 11 is 17.4. The number of amides is 1. The van der Waals surface area contributed by atoms with E-state index >= 15 is 0 Å². The van der Waals surface area contributed by atoms with Gasteiger partial charge in [0.1, 0.15) is 5.76 Å². The van der Waals surface area contributed by atoms with Crippen molar-refractivity contribution in [3.05, 3.63) is 74.9 Å². The fourth-order valence-electron chi connectivity index (χ4n) is 2.28. The zero-order valence-electron chi connectivity index (χ0n) is 13.2. The highest BCUT2D eigenvalue weighted by Gasteiger charge is 2.33. The fraction of sp³-hybridized carbons (Fsp3) is 0.0556. The zero-order chi connectivity index (χ0) is 19.8. The highest BCUT2D eigenvalue weighted by atomic mass is 35.5. The molecule has 0 spiro atoms. The largest absolute Gasteiger partial charge is 0.451 e. The van der Waals surface area contributed by atoms with Gasteiger partial charge in [0, 0.05) is 11.3 Å². The molecule has 0 radical (unpaired) electrons. The van der Waals surface area contributed by atoms with Crippen molar-refractivity contribution in [3.63, 3.8) is 0 Å². The van der Waals surface area contributed by atoms with E-state index in [1.807, 2.05) is 0 Å². The van der Waals surface area contributed by atoms with Crippen LogP contribution in [0.1, 0.15) is 16.1 Å². The minimum absolute atomic E-state index is 0.0351. The van der Waals surface area contributed by atoms with E-state index in [2.05, 4.69) is 5.32 Å². The summed E-state index contributed by atoms with van der Waals surface area (Å²) < 4.78 is 43.6. The summed E-state index contributed by atoms with van der Waals surface area (Å²) in [6.07, 6.45) is -4.57. The van der Waals surface area contributed by atoms with E-state index in [0.29, 0.717) is 21.4 Å². The van der Waals surface area contributed by atoms with Gasteiger partial charge in [-0.1, -0.05) is 34.8 Å². The van der Waals surface area contributed by atoms with Gasteiger partial charge in [-0.15, -0.1) is 0 Å². The van der Waals surface area contributed by atoms with Crippen LogP contribution < -0.4 is 5.32 Å². The van der Waals surface area contributed by atoms with E-state index in [4.69, 9.17) is 39.2 Å². The van der Waals surface area contributed by atoms with Crippen molar-refractivity contribution in [1.29, 1.82) is 0 Å². The summed E-state index contributed by atoms with van der Waals surface area (Å²) in [6, 6.07) is 10.8. The molecule has 1 N–H and O–H groups in total. The number of halogens is 6. The van der Waals surface area contributed by atoms with Crippen LogP contribution >= 0.6 is 34.8 Å². The summed E-state index contributed by atoms with van der Waals surface area (Å²) in [5, 5.41) is 2.62. The lowest BCUT2D eigenvalue weighted by molar-refractivity contribution is -0.137. The molecule has 3 nitrogen and oxygen atoms in total. The Bertz CT molecular complexity index is 1020. The normalized spacial score (nSPS) is 11.5. The Morgan fingerprint density at radius 2 is 1.63 bits per heavy atom. The molecule has 1 amide bonds. The number of benzene rings is 2. The standard InChI is InChI=1S/C18H9Cl3F3NO2/c19-12-4-1-9(7-14(12)21)15-5-6-16(27-15)17(26)25-10-2-3-11(13(20)8-10)18(22,23)24/h1-8H,(H,25,26). The molecule has 0 fully saturated rings. The van der Waals surface area contributed by atoms with Gasteiger partial charge in [0.25, 0.3) is 5.91 Å². The lowest BCUT2D eigenvalue weighted by Gasteiger charge is -2.10. The van der Waals surface area contributed by atoms with Gasteiger partial charge in [-0.05, 0) is 48.5 Å². The van der Waals surface area contributed by atoms with Crippen molar-refractivity contribution >= 4 is 46.4 Å². The minimum Gasteiger partial charge on any atom is -0.451 e. The molecule has 0 aliphatic heterocycles. The Hall–Kier alpha value is -2.15. The van der Waals surface area contributed by atoms with Crippen LogP contribution in [0.3, 0.4) is 0 Å². The molecule has 0 atom stereocenters. The van der Waals surface area contributed by atoms with Crippen LogP contribution in [0.4, 0.5) is 18.9 Å². The molecule has 1 aromatic heterocycles. The summed E-state index contributed by atoms with van der Waals surface area (Å²) in [5.41, 5.74) is -0.270. The van der Waals surface area contributed by atoms with Gasteiger partial charge >= 0.3 is 6.18 Å². The SMILES string of the molecule is O=C(Nc1ccc(C(F)(F)F)c(Cl)c1)c1ccc(-c2ccc(Cl)c(Cl)c2)o1. The number of alkyl halides is 3. The number of furan rings is 1. The Morgan fingerprint density at radius 3 is 2.26 bits per heavy atom. The molecule has 0 unspecified atom stereocenters. The summed E-state index contributed by atoms with van der Waals surface area (Å²) in [4.78, 5) is 12.3. The van der Waals surface area contributed by atoms with Crippen molar-refractivity contribution in [2.75, 3.05) is 5.32 Å². The monoisotopic (exact) mass is 433 g/mol. The van der Waals surface area contributed by atoms with Crippen LogP contribution in [0.5, 0.6) is 0 Å². The van der Waals surface area contributed by atoms with E-state index in [1.165, 1.54) is 6.07 Å². The molecule has 27 heavy (non-hydrogen) atoms. The van der Waals surface area contributed by atoms with Crippen molar-refractivity contribution in [3.8, 4) is 11.3 Å². The maximum Gasteiger partial charge on any atom is 0.417 e. The first kappa shape index (κ1) is 19.6. The highest BCUT2D eigenvalue weighted by Crippen LogP contribution is 2.36. The number of hydrogen-bond donors (Lipinski definition) is 1. The summed E-state index contributed by atoms with van der Waals surface area (Å²) in [6.45, 7) is 0. The van der Waals surface area contributed by atoms with Crippen molar-refractivity contribution in [1.82, 2.24) is 0 Å². The van der Waals surface area contributed by atoms with Crippen LogP contribution in [0, 0.1) is 0 Å². The van der Waals surface area contributed by atoms with Crippen molar-refractivity contribution < 1.29 is 22.4 Å². The molecule has 2 aromatic carbocycles. The Kier molecular flexibility index (Phi) is 5.42. The fourth-order valence-corrected chi connectivity index (χ4v) is 2.87. The van der Waals surface area contributed by atoms with Crippen LogP contribution in [0.25, 0.3) is 11.3 Å². The van der Waals surface area contributed by atoms with Gasteiger partial charge in [0.2, 0.25) is 0 Å². The zero-order valence-corrected chi connectivity index (χ0v) is 15.5. The second-order valence-corrected chi connectivity index (χ2v) is 6.66. The lowest BCUT2D eigenvalue weighted by atomic mass is 10.2. The quantitative estimate of drug-likeness (QED) is 0.474. The van der Waals surface area contributed by atoms with E-state index in [-0.39, 0.29) is 11.4 Å². The molecule has 0 bridgehead atoms. The van der Waals surface area contributed by atoms with Gasteiger partial charge in [0.05, 0.1) is 20.6 Å². The molecule has 140 valence electrons. The number of carbonyl (C=O) groups excluding carboxylic acids is 1. The van der Waals surface area contributed by atoms with Gasteiger partial charge in [-0.25, -0.2) is 0 Å². The van der Waals surface area contributed by atoms with Crippen molar-refractivity contribution in [2.24, 2.45) is 0 Å². The summed E-state index contributed by atoms with van der Waals surface area (Å²) in [7, 11) is 0. The van der Waals surface area contributed by atoms with E-state index < -0.39 is 22.7 Å². The Labute approximate surface area is 166 Å². The van der Waals surface area contributed by atoms with E-state index in [0.717, 1.165) is 18.2 Å². The summed E-state index contributed by atoms with van der Waals surface area (Å²) in [5.74, 6) is -0.298. The molecule has 0 aliphatic carbocycles. The van der Waals surface area contributed by atoms with E-state index in [1.54, 1.807) is 24.3 Å². The highest BCUT2D eigenvalue weighted by molar-refractivity contribution is 6.42. The first-order valence-corrected chi connectivity index (χ1v) is 8.52. The molecule has 0 aliphatic rings. The van der Waals surface area contributed by atoms with E-state index in [9.17, 15) is 18.0 Å². The van der Waals surface area contributed by atoms with Crippen LogP contribution in [-0.4, -0.2) is 5.91 Å². The maximum absolute atomic E-state index is 12.7. The average molecular weight is 435 g/mol. The molecule has 9 heteroatoms. The smallest absolute Gasteiger partial charge is 0.417 e. The maximum atomic E-state index is 12.7. The average Bonchev–Trinajstić information content (AvgIpc) is 3.06. The van der Waals surface area contributed by atoms with Gasteiger partial charge in [-0.3, -0.25) is 4.79 Å². The first-order valence-electron chi connectivity index (χ1n) is 7.38. The number of rotatable bonds is 3. The molecular formula is C18H9Cl3F3NO2. The number of anilines is 1. The first-order chi connectivity index (χ1) is 12.6. The van der Waals surface area contributed by atoms with Crippen LogP contribution in [0.2, 0.25) is 15.1 Å².